The highest BCUT2D eigenvalue weighted by Gasteiger charge is 2.05. The normalized spacial score (nSPS) is 11.0. The molecule has 1 aromatic carbocycles. The number of H-pyrrole nitrogens is 1. The molecule has 0 fully saturated rings. The topological polar surface area (TPSA) is 58.5 Å². The Morgan fingerprint density at radius 1 is 1.39 bits per heavy atom. The van der Waals surface area contributed by atoms with E-state index in [9.17, 15) is 0 Å². The molecular formula is C13H15N5. The van der Waals surface area contributed by atoms with E-state index in [1.807, 2.05) is 43.2 Å². The summed E-state index contributed by atoms with van der Waals surface area (Å²) in [5, 5.41) is 15.9. The molecule has 5 heteroatoms. The smallest absolute Gasteiger partial charge is 0.0671 e. The lowest BCUT2D eigenvalue weighted by molar-refractivity contribution is 0.756. The highest BCUT2D eigenvalue weighted by atomic mass is 15.2. The molecule has 2 aromatic heterocycles. The molecule has 0 saturated heterocycles. The van der Waals surface area contributed by atoms with Crippen LogP contribution in [0.15, 0.2) is 30.6 Å². The summed E-state index contributed by atoms with van der Waals surface area (Å²) in [4.78, 5) is 0. The van der Waals surface area contributed by atoms with Gasteiger partial charge in [-0.1, -0.05) is 6.07 Å². The van der Waals surface area contributed by atoms with Gasteiger partial charge in [0, 0.05) is 36.4 Å². The van der Waals surface area contributed by atoms with E-state index in [-0.39, 0.29) is 0 Å². The van der Waals surface area contributed by atoms with Gasteiger partial charge < -0.3 is 5.32 Å². The van der Waals surface area contributed by atoms with Gasteiger partial charge in [-0.05, 0) is 19.1 Å². The molecule has 3 aromatic rings. The molecule has 0 aliphatic rings. The second-order valence-electron chi connectivity index (χ2n) is 4.40. The minimum Gasteiger partial charge on any atom is -0.380 e. The lowest BCUT2D eigenvalue weighted by Gasteiger charge is -2.06. The molecule has 0 aliphatic carbocycles. The molecule has 18 heavy (non-hydrogen) atoms. The zero-order chi connectivity index (χ0) is 12.5. The Morgan fingerprint density at radius 3 is 3.06 bits per heavy atom. The van der Waals surface area contributed by atoms with Crippen LogP contribution in [0, 0.1) is 6.92 Å². The molecule has 0 atom stereocenters. The number of aromatic nitrogens is 4. The molecular weight excluding hydrogens is 226 g/mol. The van der Waals surface area contributed by atoms with Crippen molar-refractivity contribution in [2.24, 2.45) is 7.05 Å². The SMILES string of the molecule is Cc1nn(C)cc1CNc1cccc2[nH]ncc12. The van der Waals surface area contributed by atoms with E-state index in [4.69, 9.17) is 0 Å². The maximum absolute atomic E-state index is 4.33. The number of hydrogen-bond acceptors (Lipinski definition) is 3. The largest absolute Gasteiger partial charge is 0.380 e. The van der Waals surface area contributed by atoms with E-state index >= 15 is 0 Å². The molecule has 0 bridgehead atoms. The molecule has 2 N–H and O–H groups in total. The van der Waals surface area contributed by atoms with E-state index in [1.165, 1.54) is 5.56 Å². The standard InChI is InChI=1S/C13H15N5/c1-9-10(8-18(2)17-9)6-14-12-4-3-5-13-11(12)7-15-16-13/h3-5,7-8,14H,6H2,1-2H3,(H,15,16). The summed E-state index contributed by atoms with van der Waals surface area (Å²) in [6, 6.07) is 6.09. The van der Waals surface area contributed by atoms with Crippen LogP contribution in [0.4, 0.5) is 5.69 Å². The monoisotopic (exact) mass is 241 g/mol. The van der Waals surface area contributed by atoms with Crippen LogP contribution in [-0.2, 0) is 13.6 Å². The van der Waals surface area contributed by atoms with Gasteiger partial charge in [-0.15, -0.1) is 0 Å². The third-order valence-corrected chi connectivity index (χ3v) is 3.07. The number of nitrogens with one attached hydrogen (secondary N) is 2. The molecule has 0 saturated carbocycles. The Labute approximate surface area is 105 Å². The summed E-state index contributed by atoms with van der Waals surface area (Å²) in [6.45, 7) is 2.79. The molecule has 0 amide bonds. The molecule has 5 nitrogen and oxygen atoms in total. The van der Waals surface area contributed by atoms with Crippen LogP contribution >= 0.6 is 0 Å². The first-order valence-corrected chi connectivity index (χ1v) is 5.89. The quantitative estimate of drug-likeness (QED) is 0.739. The van der Waals surface area contributed by atoms with Gasteiger partial charge in [0.05, 0.1) is 17.4 Å². The predicted octanol–water partition coefficient (Wildman–Crippen LogP) is 2.22. The lowest BCUT2D eigenvalue weighted by atomic mass is 10.2. The number of hydrogen-bond donors (Lipinski definition) is 2. The number of rotatable bonds is 3. The fourth-order valence-corrected chi connectivity index (χ4v) is 2.13. The Bertz CT molecular complexity index is 680. The van der Waals surface area contributed by atoms with Gasteiger partial charge >= 0.3 is 0 Å². The van der Waals surface area contributed by atoms with Crippen LogP contribution in [0.5, 0.6) is 0 Å². The van der Waals surface area contributed by atoms with Gasteiger partial charge in [0.25, 0.3) is 0 Å². The van der Waals surface area contributed by atoms with Crippen LogP contribution in [0.3, 0.4) is 0 Å². The first kappa shape index (κ1) is 10.8. The van der Waals surface area contributed by atoms with Crippen LogP contribution in [0.25, 0.3) is 10.9 Å². The molecule has 2 heterocycles. The molecule has 0 spiro atoms. The van der Waals surface area contributed by atoms with Crippen LogP contribution in [-0.4, -0.2) is 20.0 Å². The van der Waals surface area contributed by atoms with Gasteiger partial charge in [0.2, 0.25) is 0 Å². The Balaban J connectivity index is 1.85. The third kappa shape index (κ3) is 1.84. The number of nitrogens with zero attached hydrogens (tertiary/aromatic N) is 3. The van der Waals surface area contributed by atoms with Crippen molar-refractivity contribution in [3.8, 4) is 0 Å². The highest BCUT2D eigenvalue weighted by Crippen LogP contribution is 2.21. The van der Waals surface area contributed by atoms with Gasteiger partial charge in [0.1, 0.15) is 0 Å². The van der Waals surface area contributed by atoms with E-state index in [2.05, 4.69) is 26.7 Å². The fraction of sp³-hybridized carbons (Fsp3) is 0.231. The summed E-state index contributed by atoms with van der Waals surface area (Å²) >= 11 is 0. The second kappa shape index (κ2) is 4.18. The van der Waals surface area contributed by atoms with Crippen LogP contribution in [0.1, 0.15) is 11.3 Å². The summed E-state index contributed by atoms with van der Waals surface area (Å²) in [5.41, 5.74) is 4.40. The van der Waals surface area contributed by atoms with E-state index < -0.39 is 0 Å². The fourth-order valence-electron chi connectivity index (χ4n) is 2.13. The predicted molar refractivity (Wildman–Crippen MR) is 71.4 cm³/mol. The van der Waals surface area contributed by atoms with Crippen molar-refractivity contribution >= 4 is 16.6 Å². The molecule has 92 valence electrons. The number of aromatic amines is 1. The third-order valence-electron chi connectivity index (χ3n) is 3.07. The molecule has 0 unspecified atom stereocenters. The minimum atomic E-state index is 0.768. The van der Waals surface area contributed by atoms with Gasteiger partial charge in [0.15, 0.2) is 0 Å². The molecule has 0 radical (unpaired) electrons. The number of benzene rings is 1. The highest BCUT2D eigenvalue weighted by molar-refractivity contribution is 5.90. The van der Waals surface area contributed by atoms with Crippen molar-refractivity contribution in [3.63, 3.8) is 0 Å². The average molecular weight is 241 g/mol. The summed E-state index contributed by atoms with van der Waals surface area (Å²) in [7, 11) is 1.94. The zero-order valence-corrected chi connectivity index (χ0v) is 10.4. The average Bonchev–Trinajstić information content (AvgIpc) is 2.93. The Morgan fingerprint density at radius 2 is 2.28 bits per heavy atom. The summed E-state index contributed by atoms with van der Waals surface area (Å²) < 4.78 is 1.84. The summed E-state index contributed by atoms with van der Waals surface area (Å²) in [6.07, 6.45) is 3.88. The number of aryl methyl sites for hydroxylation is 2. The second-order valence-corrected chi connectivity index (χ2v) is 4.40. The maximum Gasteiger partial charge on any atom is 0.0671 e. The Kier molecular flexibility index (Phi) is 2.51. The van der Waals surface area contributed by atoms with Gasteiger partial charge in [-0.2, -0.15) is 10.2 Å². The van der Waals surface area contributed by atoms with Crippen LogP contribution < -0.4 is 5.32 Å². The number of fused-ring (bicyclic) bond motifs is 1. The van der Waals surface area contributed by atoms with E-state index in [1.54, 1.807) is 0 Å². The van der Waals surface area contributed by atoms with Crippen molar-refractivity contribution in [2.75, 3.05) is 5.32 Å². The zero-order valence-electron chi connectivity index (χ0n) is 10.4. The van der Waals surface area contributed by atoms with Crippen molar-refractivity contribution in [2.45, 2.75) is 13.5 Å². The van der Waals surface area contributed by atoms with Crippen molar-refractivity contribution in [1.82, 2.24) is 20.0 Å². The first-order valence-electron chi connectivity index (χ1n) is 5.89. The van der Waals surface area contributed by atoms with Crippen molar-refractivity contribution in [3.05, 3.63) is 41.9 Å². The van der Waals surface area contributed by atoms with Crippen molar-refractivity contribution in [1.29, 1.82) is 0 Å². The molecule has 3 rings (SSSR count). The first-order chi connectivity index (χ1) is 8.74. The lowest BCUT2D eigenvalue weighted by Crippen LogP contribution is -2.00. The molecule has 0 aliphatic heterocycles. The Hall–Kier alpha value is -2.30. The van der Waals surface area contributed by atoms with Gasteiger partial charge in [-0.3, -0.25) is 9.78 Å². The van der Waals surface area contributed by atoms with Gasteiger partial charge in [-0.25, -0.2) is 0 Å². The van der Waals surface area contributed by atoms with Crippen LogP contribution in [0.2, 0.25) is 0 Å². The number of anilines is 1. The van der Waals surface area contributed by atoms with Crippen molar-refractivity contribution < 1.29 is 0 Å². The minimum absolute atomic E-state index is 0.768. The summed E-state index contributed by atoms with van der Waals surface area (Å²) in [5.74, 6) is 0. The maximum atomic E-state index is 4.33. The van der Waals surface area contributed by atoms with E-state index in [0.29, 0.717) is 0 Å². The van der Waals surface area contributed by atoms with E-state index in [0.717, 1.165) is 28.8 Å².